The van der Waals surface area contributed by atoms with Gasteiger partial charge in [0.05, 0.1) is 18.9 Å². The summed E-state index contributed by atoms with van der Waals surface area (Å²) in [4.78, 5) is 16.9. The van der Waals surface area contributed by atoms with Gasteiger partial charge >= 0.3 is 6.03 Å². The third kappa shape index (κ3) is 7.50. The lowest BCUT2D eigenvalue weighted by Gasteiger charge is -2.30. The molecule has 0 radical (unpaired) electrons. The minimum atomic E-state index is -0.817. The number of rotatable bonds is 9. The van der Waals surface area contributed by atoms with Crippen LogP contribution in [0.5, 0.6) is 5.75 Å². The normalized spacial score (nSPS) is 13.9. The Morgan fingerprint density at radius 2 is 1.74 bits per heavy atom. The van der Waals surface area contributed by atoms with Crippen LogP contribution < -0.4 is 10.1 Å². The largest absolute Gasteiger partial charge is 0.489 e. The Kier molecular flexibility index (Phi) is 8.64. The lowest BCUT2D eigenvalue weighted by Crippen LogP contribution is -2.44. The lowest BCUT2D eigenvalue weighted by molar-refractivity contribution is 0.0349. The Morgan fingerprint density at radius 1 is 0.971 bits per heavy atom. The van der Waals surface area contributed by atoms with Gasteiger partial charge in [0.2, 0.25) is 0 Å². The first-order valence-electron chi connectivity index (χ1n) is 11.6. The zero-order chi connectivity index (χ0) is 24.5. The molecule has 0 aliphatic carbocycles. The third-order valence-corrected chi connectivity index (χ3v) is 5.77. The molecule has 0 unspecified atom stereocenters. The minimum Gasteiger partial charge on any atom is -0.489 e. The molecule has 4 rings (SSSR count). The standard InChI is InChI=1S/C27H29F2N3O3/c28-23-9-10-26(25(29)18-23)30-27(33)32(12-11-31-13-15-34-16-14-31)19-22-7-4-8-24(17-22)35-20-21-5-2-1-3-6-21/h1-10,17-18H,11-16,19-20H2,(H,30,33). The molecule has 8 heteroatoms. The predicted molar refractivity (Wildman–Crippen MR) is 130 cm³/mol. The molecule has 1 N–H and O–H groups in total. The highest BCUT2D eigenvalue weighted by Gasteiger charge is 2.19. The van der Waals surface area contributed by atoms with E-state index in [1.807, 2.05) is 54.6 Å². The van der Waals surface area contributed by atoms with Gasteiger partial charge in [0.15, 0.2) is 0 Å². The van der Waals surface area contributed by atoms with E-state index in [1.165, 1.54) is 6.07 Å². The van der Waals surface area contributed by atoms with Gasteiger partial charge in [-0.1, -0.05) is 42.5 Å². The molecule has 1 aliphatic heterocycles. The number of carbonyl (C=O) groups excluding carboxylic acids is 1. The van der Waals surface area contributed by atoms with Crippen LogP contribution in [-0.4, -0.2) is 55.2 Å². The summed E-state index contributed by atoms with van der Waals surface area (Å²) in [6.07, 6.45) is 0. The summed E-state index contributed by atoms with van der Waals surface area (Å²) < 4.78 is 38.7. The Morgan fingerprint density at radius 3 is 2.51 bits per heavy atom. The van der Waals surface area contributed by atoms with Gasteiger partial charge in [-0.05, 0) is 35.4 Å². The van der Waals surface area contributed by atoms with E-state index in [1.54, 1.807) is 4.90 Å². The van der Waals surface area contributed by atoms with Gasteiger partial charge < -0.3 is 19.7 Å². The predicted octanol–water partition coefficient (Wildman–Crippen LogP) is 4.91. The van der Waals surface area contributed by atoms with Crippen LogP contribution in [-0.2, 0) is 17.9 Å². The van der Waals surface area contributed by atoms with Crippen LogP contribution in [0.25, 0.3) is 0 Å². The number of hydrogen-bond acceptors (Lipinski definition) is 4. The highest BCUT2D eigenvalue weighted by molar-refractivity contribution is 5.89. The van der Waals surface area contributed by atoms with Crippen molar-refractivity contribution in [1.29, 1.82) is 0 Å². The van der Waals surface area contributed by atoms with Crippen LogP contribution in [0.1, 0.15) is 11.1 Å². The summed E-state index contributed by atoms with van der Waals surface area (Å²) in [6.45, 7) is 4.75. The summed E-state index contributed by atoms with van der Waals surface area (Å²) in [5.41, 5.74) is 1.88. The molecule has 1 aliphatic rings. The Bertz CT molecular complexity index is 1110. The average molecular weight is 482 g/mol. The maximum absolute atomic E-state index is 14.1. The van der Waals surface area contributed by atoms with Gasteiger partial charge in [-0.15, -0.1) is 0 Å². The second kappa shape index (κ2) is 12.3. The van der Waals surface area contributed by atoms with E-state index in [0.29, 0.717) is 45.2 Å². The molecular formula is C27H29F2N3O3. The number of carbonyl (C=O) groups is 1. The fraction of sp³-hybridized carbons (Fsp3) is 0.296. The van der Waals surface area contributed by atoms with Gasteiger partial charge in [0.1, 0.15) is 24.0 Å². The van der Waals surface area contributed by atoms with E-state index in [2.05, 4.69) is 10.2 Å². The molecule has 2 amide bonds. The first-order valence-corrected chi connectivity index (χ1v) is 11.6. The number of morpholine rings is 1. The topological polar surface area (TPSA) is 54.0 Å². The molecule has 1 heterocycles. The van der Waals surface area contributed by atoms with E-state index in [9.17, 15) is 13.6 Å². The fourth-order valence-electron chi connectivity index (χ4n) is 3.82. The number of ether oxygens (including phenoxy) is 2. The Labute approximate surface area is 204 Å². The summed E-state index contributed by atoms with van der Waals surface area (Å²) in [5.74, 6) is -0.816. The van der Waals surface area contributed by atoms with E-state index in [0.717, 1.165) is 36.3 Å². The van der Waals surface area contributed by atoms with E-state index in [-0.39, 0.29) is 5.69 Å². The van der Waals surface area contributed by atoms with Crippen LogP contribution in [0.2, 0.25) is 0 Å². The van der Waals surface area contributed by atoms with Crippen molar-refractivity contribution >= 4 is 11.7 Å². The van der Waals surface area contributed by atoms with Crippen LogP contribution in [0.4, 0.5) is 19.3 Å². The van der Waals surface area contributed by atoms with Crippen molar-refractivity contribution < 1.29 is 23.0 Å². The van der Waals surface area contributed by atoms with Gasteiger partial charge in [0, 0.05) is 38.8 Å². The Hall–Kier alpha value is -3.49. The molecule has 0 bridgehead atoms. The monoisotopic (exact) mass is 481 g/mol. The zero-order valence-corrected chi connectivity index (χ0v) is 19.5. The molecule has 6 nitrogen and oxygen atoms in total. The van der Waals surface area contributed by atoms with Crippen molar-refractivity contribution in [1.82, 2.24) is 9.80 Å². The number of hydrogen-bond donors (Lipinski definition) is 1. The molecule has 1 saturated heterocycles. The molecule has 184 valence electrons. The van der Waals surface area contributed by atoms with E-state index >= 15 is 0 Å². The van der Waals surface area contributed by atoms with Crippen molar-refractivity contribution in [2.75, 3.05) is 44.7 Å². The maximum atomic E-state index is 14.1. The number of nitrogens with one attached hydrogen (secondary N) is 1. The highest BCUT2D eigenvalue weighted by Crippen LogP contribution is 2.19. The number of benzene rings is 3. The van der Waals surface area contributed by atoms with Gasteiger partial charge in [-0.3, -0.25) is 4.90 Å². The Balaban J connectivity index is 1.44. The van der Waals surface area contributed by atoms with Gasteiger partial charge in [0.25, 0.3) is 0 Å². The third-order valence-electron chi connectivity index (χ3n) is 5.77. The summed E-state index contributed by atoms with van der Waals surface area (Å²) in [7, 11) is 0. The van der Waals surface area contributed by atoms with Gasteiger partial charge in [-0.2, -0.15) is 0 Å². The van der Waals surface area contributed by atoms with Crippen molar-refractivity contribution in [3.05, 3.63) is 95.6 Å². The average Bonchev–Trinajstić information content (AvgIpc) is 2.88. The van der Waals surface area contributed by atoms with Gasteiger partial charge in [-0.25, -0.2) is 13.6 Å². The van der Waals surface area contributed by atoms with Crippen LogP contribution >= 0.6 is 0 Å². The van der Waals surface area contributed by atoms with Crippen LogP contribution in [0.3, 0.4) is 0 Å². The molecule has 0 spiro atoms. The highest BCUT2D eigenvalue weighted by atomic mass is 19.1. The molecule has 0 saturated carbocycles. The van der Waals surface area contributed by atoms with E-state index in [4.69, 9.17) is 9.47 Å². The van der Waals surface area contributed by atoms with Crippen LogP contribution in [0, 0.1) is 11.6 Å². The summed E-state index contributed by atoms with van der Waals surface area (Å²) in [6, 6.07) is 20.1. The zero-order valence-electron chi connectivity index (χ0n) is 19.5. The van der Waals surface area contributed by atoms with Crippen LogP contribution in [0.15, 0.2) is 72.8 Å². The van der Waals surface area contributed by atoms with Crippen molar-refractivity contribution in [3.63, 3.8) is 0 Å². The van der Waals surface area contributed by atoms with Crippen molar-refractivity contribution in [3.8, 4) is 5.75 Å². The summed E-state index contributed by atoms with van der Waals surface area (Å²) >= 11 is 0. The molecule has 3 aromatic carbocycles. The number of halogens is 2. The number of nitrogens with zero attached hydrogens (tertiary/aromatic N) is 2. The van der Waals surface area contributed by atoms with Crippen molar-refractivity contribution in [2.24, 2.45) is 0 Å². The second-order valence-electron chi connectivity index (χ2n) is 8.35. The first kappa shape index (κ1) is 24.6. The second-order valence-corrected chi connectivity index (χ2v) is 8.35. The number of anilines is 1. The molecule has 0 aromatic heterocycles. The quantitative estimate of drug-likeness (QED) is 0.472. The fourth-order valence-corrected chi connectivity index (χ4v) is 3.82. The first-order chi connectivity index (χ1) is 17.1. The minimum absolute atomic E-state index is 0.0623. The van der Waals surface area contributed by atoms with Crippen molar-refractivity contribution in [2.45, 2.75) is 13.2 Å². The number of urea groups is 1. The lowest BCUT2D eigenvalue weighted by atomic mass is 10.2. The van der Waals surface area contributed by atoms with E-state index < -0.39 is 17.7 Å². The number of amides is 2. The molecular weight excluding hydrogens is 452 g/mol. The molecule has 0 atom stereocenters. The SMILES string of the molecule is O=C(Nc1ccc(F)cc1F)N(CCN1CCOCC1)Cc1cccc(OCc2ccccc2)c1. The molecule has 35 heavy (non-hydrogen) atoms. The molecule has 1 fully saturated rings. The maximum Gasteiger partial charge on any atom is 0.322 e. The smallest absolute Gasteiger partial charge is 0.322 e. The molecule has 3 aromatic rings. The summed E-state index contributed by atoms with van der Waals surface area (Å²) in [5, 5.41) is 2.58.